The second kappa shape index (κ2) is 11.6. The summed E-state index contributed by atoms with van der Waals surface area (Å²) >= 11 is 6.46. The molecule has 2 aromatic carbocycles. The summed E-state index contributed by atoms with van der Waals surface area (Å²) in [7, 11) is 1.51. The highest BCUT2D eigenvalue weighted by Crippen LogP contribution is 2.39. The molecule has 0 amide bonds. The SMILES string of the molecule is COc1cc2c(Nc3cc(F)c(OCc4cccc(N)n4)cc3Cl)c(C#N)cnc2cc1OCCCN. The minimum absolute atomic E-state index is 0.00805. The summed E-state index contributed by atoms with van der Waals surface area (Å²) in [6.07, 6.45) is 2.09. The Morgan fingerprint density at radius 2 is 1.97 bits per heavy atom. The molecule has 5 N–H and O–H groups in total. The van der Waals surface area contributed by atoms with E-state index in [4.69, 9.17) is 37.3 Å². The van der Waals surface area contributed by atoms with Gasteiger partial charge in [-0.25, -0.2) is 9.37 Å². The fourth-order valence-electron chi connectivity index (χ4n) is 3.56. The maximum absolute atomic E-state index is 14.9. The van der Waals surface area contributed by atoms with Gasteiger partial charge in [0.15, 0.2) is 23.1 Å². The first kappa shape index (κ1) is 25.8. The summed E-state index contributed by atoms with van der Waals surface area (Å²) < 4.78 is 31.8. The Labute approximate surface area is 217 Å². The van der Waals surface area contributed by atoms with Crippen LogP contribution in [0.15, 0.2) is 48.7 Å². The van der Waals surface area contributed by atoms with Crippen LogP contribution in [-0.4, -0.2) is 30.2 Å². The van der Waals surface area contributed by atoms with E-state index >= 15 is 0 Å². The largest absolute Gasteiger partial charge is 0.493 e. The van der Waals surface area contributed by atoms with Gasteiger partial charge in [-0.3, -0.25) is 4.98 Å². The number of nitrogen functional groups attached to an aromatic ring is 1. The van der Waals surface area contributed by atoms with Crippen molar-refractivity contribution in [1.82, 2.24) is 9.97 Å². The number of ether oxygens (including phenoxy) is 3. The van der Waals surface area contributed by atoms with Crippen LogP contribution in [0.5, 0.6) is 17.2 Å². The minimum Gasteiger partial charge on any atom is -0.493 e. The number of nitrogens with two attached hydrogens (primary N) is 2. The van der Waals surface area contributed by atoms with Gasteiger partial charge in [0, 0.05) is 29.8 Å². The first-order valence-electron chi connectivity index (χ1n) is 11.3. The highest BCUT2D eigenvalue weighted by Gasteiger charge is 2.17. The summed E-state index contributed by atoms with van der Waals surface area (Å²) in [5, 5.41) is 13.5. The molecule has 0 saturated carbocycles. The zero-order valence-electron chi connectivity index (χ0n) is 19.9. The van der Waals surface area contributed by atoms with E-state index in [0.717, 1.165) is 0 Å². The Hall–Kier alpha value is -4.33. The Morgan fingerprint density at radius 3 is 2.70 bits per heavy atom. The molecule has 11 heteroatoms. The molecule has 0 spiro atoms. The van der Waals surface area contributed by atoms with Crippen LogP contribution in [0, 0.1) is 17.1 Å². The highest BCUT2D eigenvalue weighted by molar-refractivity contribution is 6.33. The lowest BCUT2D eigenvalue weighted by Gasteiger charge is -2.16. The predicted molar refractivity (Wildman–Crippen MR) is 140 cm³/mol. The lowest BCUT2D eigenvalue weighted by molar-refractivity contribution is 0.286. The fraction of sp³-hybridized carbons (Fsp3) is 0.192. The van der Waals surface area contributed by atoms with Crippen molar-refractivity contribution >= 4 is 39.7 Å². The number of nitrogens with one attached hydrogen (secondary N) is 1. The molecule has 0 aliphatic rings. The van der Waals surface area contributed by atoms with Gasteiger partial charge in [-0.05, 0) is 31.2 Å². The van der Waals surface area contributed by atoms with Gasteiger partial charge in [-0.2, -0.15) is 5.26 Å². The van der Waals surface area contributed by atoms with Crippen molar-refractivity contribution in [3.63, 3.8) is 0 Å². The number of rotatable bonds is 10. The van der Waals surface area contributed by atoms with Crippen LogP contribution in [0.4, 0.5) is 21.6 Å². The molecule has 9 nitrogen and oxygen atoms in total. The zero-order chi connectivity index (χ0) is 26.4. The molecule has 2 aromatic heterocycles. The summed E-state index contributed by atoms with van der Waals surface area (Å²) in [4.78, 5) is 8.49. The van der Waals surface area contributed by atoms with E-state index in [9.17, 15) is 9.65 Å². The molecular weight excluding hydrogens is 499 g/mol. The Bertz CT molecular complexity index is 1480. The van der Waals surface area contributed by atoms with Gasteiger partial charge in [0.05, 0.1) is 46.9 Å². The van der Waals surface area contributed by atoms with Gasteiger partial charge in [-0.1, -0.05) is 17.7 Å². The first-order valence-corrected chi connectivity index (χ1v) is 11.6. The molecule has 0 fully saturated rings. The van der Waals surface area contributed by atoms with E-state index in [1.807, 2.05) is 0 Å². The molecule has 0 aliphatic carbocycles. The number of nitrogens with zero attached hydrogens (tertiary/aromatic N) is 3. The first-order chi connectivity index (χ1) is 17.9. The zero-order valence-corrected chi connectivity index (χ0v) is 20.7. The second-order valence-electron chi connectivity index (χ2n) is 7.90. The molecule has 0 aliphatic heterocycles. The molecule has 2 heterocycles. The molecule has 4 rings (SSSR count). The van der Waals surface area contributed by atoms with Crippen LogP contribution in [0.25, 0.3) is 10.9 Å². The molecule has 0 bridgehead atoms. The standard InChI is InChI=1S/C26H24ClFN6O3/c1-35-23-8-17-20(11-24(23)36-7-3-6-29)32-13-15(12-30)26(17)34-21-10-19(28)22(9-18(21)27)37-14-16-4-2-5-25(31)33-16/h2,4-5,8-11,13H,3,6-7,14,29H2,1H3,(H2,31,33)(H,32,34). The van der Waals surface area contributed by atoms with Crippen molar-refractivity contribution in [2.75, 3.05) is 31.3 Å². The van der Waals surface area contributed by atoms with E-state index in [1.54, 1.807) is 30.3 Å². The Balaban J connectivity index is 1.66. The molecular formula is C26H24ClFN6O3. The summed E-state index contributed by atoms with van der Waals surface area (Å²) in [5.74, 6) is 0.567. The molecule has 0 saturated heterocycles. The molecule has 190 valence electrons. The average Bonchev–Trinajstić information content (AvgIpc) is 2.89. The van der Waals surface area contributed by atoms with Crippen molar-refractivity contribution in [2.24, 2.45) is 5.73 Å². The lowest BCUT2D eigenvalue weighted by atomic mass is 10.1. The monoisotopic (exact) mass is 522 g/mol. The number of methoxy groups -OCH3 is 1. The molecule has 4 aromatic rings. The molecule has 37 heavy (non-hydrogen) atoms. The molecule has 0 atom stereocenters. The number of halogens is 2. The number of nitriles is 1. The number of benzene rings is 2. The third-order valence-electron chi connectivity index (χ3n) is 5.36. The molecule has 0 radical (unpaired) electrons. The van der Waals surface area contributed by atoms with Crippen molar-refractivity contribution in [3.8, 4) is 23.3 Å². The maximum Gasteiger partial charge on any atom is 0.167 e. The number of anilines is 3. The van der Waals surface area contributed by atoms with Crippen molar-refractivity contribution in [1.29, 1.82) is 5.26 Å². The Morgan fingerprint density at radius 1 is 1.14 bits per heavy atom. The average molecular weight is 523 g/mol. The third-order valence-corrected chi connectivity index (χ3v) is 5.68. The normalized spacial score (nSPS) is 10.7. The number of fused-ring (bicyclic) bond motifs is 1. The van der Waals surface area contributed by atoms with Crippen molar-refractivity contribution in [3.05, 3.63) is 70.8 Å². The van der Waals surface area contributed by atoms with Crippen LogP contribution < -0.4 is 31.0 Å². The van der Waals surface area contributed by atoms with Crippen LogP contribution in [-0.2, 0) is 6.61 Å². The van der Waals surface area contributed by atoms with Crippen LogP contribution in [0.1, 0.15) is 17.7 Å². The minimum atomic E-state index is -0.652. The van der Waals surface area contributed by atoms with Crippen LogP contribution in [0.3, 0.4) is 0 Å². The summed E-state index contributed by atoms with van der Waals surface area (Å²) in [5.41, 5.74) is 13.2. The number of pyridine rings is 2. The van der Waals surface area contributed by atoms with Gasteiger partial charge < -0.3 is 31.0 Å². The van der Waals surface area contributed by atoms with E-state index in [1.165, 1.54) is 25.4 Å². The third kappa shape index (κ3) is 5.91. The van der Waals surface area contributed by atoms with E-state index in [0.29, 0.717) is 59.2 Å². The van der Waals surface area contributed by atoms with Crippen molar-refractivity contribution < 1.29 is 18.6 Å². The fourth-order valence-corrected chi connectivity index (χ4v) is 3.76. The number of aromatic nitrogens is 2. The van der Waals surface area contributed by atoms with Gasteiger partial charge in [0.2, 0.25) is 0 Å². The quantitative estimate of drug-likeness (QED) is 0.247. The smallest absolute Gasteiger partial charge is 0.167 e. The van der Waals surface area contributed by atoms with Crippen molar-refractivity contribution in [2.45, 2.75) is 13.0 Å². The second-order valence-corrected chi connectivity index (χ2v) is 8.31. The molecule has 0 unspecified atom stereocenters. The topological polar surface area (TPSA) is 141 Å². The van der Waals surface area contributed by atoms with E-state index in [2.05, 4.69) is 21.4 Å². The van der Waals surface area contributed by atoms with Gasteiger partial charge >= 0.3 is 0 Å². The van der Waals surface area contributed by atoms with Gasteiger partial charge in [0.1, 0.15) is 18.5 Å². The van der Waals surface area contributed by atoms with Gasteiger partial charge in [0.25, 0.3) is 0 Å². The maximum atomic E-state index is 14.9. The van der Waals surface area contributed by atoms with Crippen LogP contribution in [0.2, 0.25) is 5.02 Å². The highest BCUT2D eigenvalue weighted by atomic mass is 35.5. The van der Waals surface area contributed by atoms with E-state index in [-0.39, 0.29) is 28.6 Å². The Kier molecular flexibility index (Phi) is 8.08. The number of hydrogen-bond donors (Lipinski definition) is 3. The lowest BCUT2D eigenvalue weighted by Crippen LogP contribution is -2.07. The van der Waals surface area contributed by atoms with E-state index < -0.39 is 5.82 Å². The number of hydrogen-bond acceptors (Lipinski definition) is 9. The summed E-state index contributed by atoms with van der Waals surface area (Å²) in [6, 6.07) is 13.1. The predicted octanol–water partition coefficient (Wildman–Crippen LogP) is 4.93. The van der Waals surface area contributed by atoms with Crippen LogP contribution >= 0.6 is 11.6 Å². The summed E-state index contributed by atoms with van der Waals surface area (Å²) in [6.45, 7) is 0.914. The van der Waals surface area contributed by atoms with Gasteiger partial charge in [-0.15, -0.1) is 0 Å².